The second kappa shape index (κ2) is 6.51. The molecule has 0 aliphatic heterocycles. The molecule has 1 N–H and O–H groups in total. The van der Waals surface area contributed by atoms with E-state index in [2.05, 4.69) is 15.2 Å². The van der Waals surface area contributed by atoms with Gasteiger partial charge in [-0.3, -0.25) is 9.89 Å². The van der Waals surface area contributed by atoms with Gasteiger partial charge in [-0.25, -0.2) is 9.37 Å². The fourth-order valence-corrected chi connectivity index (χ4v) is 2.36. The fourth-order valence-electron chi connectivity index (χ4n) is 1.58. The van der Waals surface area contributed by atoms with Crippen LogP contribution < -0.4 is 0 Å². The summed E-state index contributed by atoms with van der Waals surface area (Å²) in [5, 5.41) is 7.24. The Morgan fingerprint density at radius 1 is 1.40 bits per heavy atom. The molecule has 0 aliphatic rings. The molecule has 0 bridgehead atoms. The van der Waals surface area contributed by atoms with Gasteiger partial charge in [0.25, 0.3) is 0 Å². The maximum Gasteiger partial charge on any atom is 0.233 e. The number of aryl methyl sites for hydroxylation is 1. The lowest BCUT2D eigenvalue weighted by Gasteiger charge is -2.16. The van der Waals surface area contributed by atoms with E-state index < -0.39 is 0 Å². The molecule has 0 fully saturated rings. The van der Waals surface area contributed by atoms with E-state index in [9.17, 15) is 9.18 Å². The monoisotopic (exact) mass is 294 g/mol. The zero-order valence-corrected chi connectivity index (χ0v) is 12.1. The lowest BCUT2D eigenvalue weighted by molar-refractivity contribution is -0.127. The van der Waals surface area contributed by atoms with Crippen LogP contribution in [-0.4, -0.2) is 38.8 Å². The van der Waals surface area contributed by atoms with Gasteiger partial charge in [0.15, 0.2) is 0 Å². The maximum atomic E-state index is 12.8. The molecule has 1 heterocycles. The van der Waals surface area contributed by atoms with E-state index in [4.69, 9.17) is 0 Å². The van der Waals surface area contributed by atoms with Crippen molar-refractivity contribution in [1.29, 1.82) is 0 Å². The van der Waals surface area contributed by atoms with Crippen molar-refractivity contribution in [2.24, 2.45) is 0 Å². The number of nitrogens with one attached hydrogen (secondary N) is 1. The highest BCUT2D eigenvalue weighted by molar-refractivity contribution is 7.99. The van der Waals surface area contributed by atoms with Crippen LogP contribution in [0.5, 0.6) is 0 Å². The smallest absolute Gasteiger partial charge is 0.233 e. The molecular weight excluding hydrogens is 279 g/mol. The van der Waals surface area contributed by atoms with Gasteiger partial charge in [0.2, 0.25) is 11.1 Å². The Hall–Kier alpha value is -1.89. The Labute approximate surface area is 120 Å². The number of rotatable bonds is 5. The largest absolute Gasteiger partial charge is 0.341 e. The molecule has 0 radical (unpaired) electrons. The van der Waals surface area contributed by atoms with Gasteiger partial charge in [0.05, 0.1) is 5.75 Å². The van der Waals surface area contributed by atoms with E-state index in [0.717, 1.165) is 11.4 Å². The summed E-state index contributed by atoms with van der Waals surface area (Å²) in [6.45, 7) is 2.26. The maximum absolute atomic E-state index is 12.8. The number of carbonyl (C=O) groups excluding carboxylic acids is 1. The minimum atomic E-state index is -0.279. The van der Waals surface area contributed by atoms with E-state index in [-0.39, 0.29) is 17.5 Å². The summed E-state index contributed by atoms with van der Waals surface area (Å²) in [6, 6.07) is 6.12. The normalized spacial score (nSPS) is 10.6. The molecule has 20 heavy (non-hydrogen) atoms. The van der Waals surface area contributed by atoms with E-state index in [1.165, 1.54) is 23.9 Å². The number of benzene rings is 1. The van der Waals surface area contributed by atoms with Gasteiger partial charge >= 0.3 is 0 Å². The van der Waals surface area contributed by atoms with Crippen LogP contribution in [0.15, 0.2) is 29.4 Å². The number of hydrogen-bond acceptors (Lipinski definition) is 4. The number of aromatic amines is 1. The second-order valence-corrected chi connectivity index (χ2v) is 5.31. The third kappa shape index (κ3) is 4.06. The Morgan fingerprint density at radius 2 is 2.10 bits per heavy atom. The molecule has 7 heteroatoms. The molecule has 0 saturated carbocycles. The third-order valence-corrected chi connectivity index (χ3v) is 3.49. The minimum absolute atomic E-state index is 0.0261. The molecule has 0 saturated heterocycles. The van der Waals surface area contributed by atoms with Gasteiger partial charge in [-0.1, -0.05) is 23.9 Å². The Balaban J connectivity index is 1.84. The van der Waals surface area contributed by atoms with Crippen molar-refractivity contribution in [3.63, 3.8) is 0 Å². The lowest BCUT2D eigenvalue weighted by Crippen LogP contribution is -2.27. The zero-order valence-electron chi connectivity index (χ0n) is 11.3. The summed E-state index contributed by atoms with van der Waals surface area (Å²) in [6.07, 6.45) is 0. The number of thioether (sulfide) groups is 1. The van der Waals surface area contributed by atoms with E-state index in [1.54, 1.807) is 31.0 Å². The Bertz CT molecular complexity index is 584. The number of hydrogen-bond donors (Lipinski definition) is 1. The van der Waals surface area contributed by atoms with Crippen LogP contribution >= 0.6 is 11.8 Å². The summed E-state index contributed by atoms with van der Waals surface area (Å²) < 4.78 is 12.8. The number of aromatic nitrogens is 3. The van der Waals surface area contributed by atoms with Crippen molar-refractivity contribution in [2.75, 3.05) is 12.8 Å². The first kappa shape index (κ1) is 14.5. The highest BCUT2D eigenvalue weighted by atomic mass is 32.2. The van der Waals surface area contributed by atoms with Gasteiger partial charge in [-0.05, 0) is 24.6 Å². The van der Waals surface area contributed by atoms with Gasteiger partial charge < -0.3 is 4.90 Å². The van der Waals surface area contributed by atoms with Crippen molar-refractivity contribution in [3.8, 4) is 0 Å². The first-order valence-corrected chi connectivity index (χ1v) is 7.03. The summed E-state index contributed by atoms with van der Waals surface area (Å²) in [4.78, 5) is 17.7. The lowest BCUT2D eigenvalue weighted by atomic mass is 10.2. The molecule has 0 unspecified atom stereocenters. The fraction of sp³-hybridized carbons (Fsp3) is 0.308. The molecule has 1 amide bonds. The predicted octanol–water partition coefficient (Wildman–Crippen LogP) is 2.00. The summed E-state index contributed by atoms with van der Waals surface area (Å²) in [7, 11) is 1.72. The van der Waals surface area contributed by atoms with Crippen LogP contribution in [0, 0.1) is 12.7 Å². The number of halogens is 1. The van der Waals surface area contributed by atoms with Crippen molar-refractivity contribution >= 4 is 17.7 Å². The molecule has 0 atom stereocenters. The van der Waals surface area contributed by atoms with Gasteiger partial charge in [-0.2, -0.15) is 0 Å². The van der Waals surface area contributed by atoms with Gasteiger partial charge in [0.1, 0.15) is 11.6 Å². The van der Waals surface area contributed by atoms with E-state index >= 15 is 0 Å². The minimum Gasteiger partial charge on any atom is -0.341 e. The standard InChI is InChI=1S/C13H15FN4OS/c1-9-15-13(17-16-9)20-8-12(19)18(2)7-10-3-5-11(14)6-4-10/h3-6H,7-8H2,1-2H3,(H,15,16,17). The number of carbonyl (C=O) groups is 1. The molecular formula is C13H15FN4OS. The summed E-state index contributed by atoms with van der Waals surface area (Å²) in [5.74, 6) is 0.689. The highest BCUT2D eigenvalue weighted by Gasteiger charge is 2.11. The molecule has 2 aromatic rings. The van der Waals surface area contributed by atoms with Gasteiger partial charge in [-0.15, -0.1) is 5.10 Å². The molecule has 1 aromatic heterocycles. The molecule has 0 spiro atoms. The Kier molecular flexibility index (Phi) is 4.73. The first-order valence-electron chi connectivity index (χ1n) is 6.05. The van der Waals surface area contributed by atoms with E-state index in [0.29, 0.717) is 11.7 Å². The van der Waals surface area contributed by atoms with Crippen LogP contribution in [0.3, 0.4) is 0 Å². The first-order chi connectivity index (χ1) is 9.54. The topological polar surface area (TPSA) is 61.9 Å². The molecule has 2 rings (SSSR count). The quantitative estimate of drug-likeness (QED) is 0.857. The second-order valence-electron chi connectivity index (χ2n) is 4.37. The molecule has 106 valence electrons. The van der Waals surface area contributed by atoms with Crippen LogP contribution in [0.1, 0.15) is 11.4 Å². The molecule has 1 aromatic carbocycles. The van der Waals surface area contributed by atoms with Crippen molar-refractivity contribution in [2.45, 2.75) is 18.6 Å². The zero-order chi connectivity index (χ0) is 14.5. The molecule has 5 nitrogen and oxygen atoms in total. The van der Waals surface area contributed by atoms with Crippen molar-refractivity contribution < 1.29 is 9.18 Å². The number of nitrogens with zero attached hydrogens (tertiary/aromatic N) is 3. The predicted molar refractivity (Wildman–Crippen MR) is 74.7 cm³/mol. The molecule has 0 aliphatic carbocycles. The summed E-state index contributed by atoms with van der Waals surface area (Å²) in [5.41, 5.74) is 0.890. The SMILES string of the molecule is Cc1nc(SCC(=O)N(C)Cc2ccc(F)cc2)n[nH]1. The van der Waals surface area contributed by atoms with Gasteiger partial charge in [0, 0.05) is 13.6 Å². The average molecular weight is 294 g/mol. The highest BCUT2D eigenvalue weighted by Crippen LogP contribution is 2.13. The van der Waals surface area contributed by atoms with Crippen LogP contribution in [0.4, 0.5) is 4.39 Å². The average Bonchev–Trinajstić information content (AvgIpc) is 2.84. The van der Waals surface area contributed by atoms with Crippen LogP contribution in [0.25, 0.3) is 0 Å². The number of amides is 1. The third-order valence-electron chi connectivity index (χ3n) is 2.66. The van der Waals surface area contributed by atoms with Crippen LogP contribution in [0.2, 0.25) is 0 Å². The van der Waals surface area contributed by atoms with Crippen molar-refractivity contribution in [1.82, 2.24) is 20.1 Å². The van der Waals surface area contributed by atoms with Crippen LogP contribution in [-0.2, 0) is 11.3 Å². The van der Waals surface area contributed by atoms with Crippen molar-refractivity contribution in [3.05, 3.63) is 41.5 Å². The summed E-state index contributed by atoms with van der Waals surface area (Å²) >= 11 is 1.29. The van der Waals surface area contributed by atoms with E-state index in [1.807, 2.05) is 0 Å². The number of H-pyrrole nitrogens is 1. The Morgan fingerprint density at radius 3 is 2.70 bits per heavy atom.